The van der Waals surface area contributed by atoms with Gasteiger partial charge in [0.25, 0.3) is 0 Å². The van der Waals surface area contributed by atoms with Gasteiger partial charge in [0.2, 0.25) is 0 Å². The van der Waals surface area contributed by atoms with Gasteiger partial charge in [0, 0.05) is 6.04 Å². The van der Waals surface area contributed by atoms with Gasteiger partial charge in [-0.05, 0) is 73.4 Å². The molecule has 3 fully saturated rings. The van der Waals surface area contributed by atoms with Crippen LogP contribution in [-0.4, -0.2) is 6.54 Å². The lowest BCUT2D eigenvalue weighted by atomic mass is 9.78. The van der Waals surface area contributed by atoms with Crippen LogP contribution in [0.3, 0.4) is 0 Å². The summed E-state index contributed by atoms with van der Waals surface area (Å²) < 4.78 is 0. The van der Waals surface area contributed by atoms with E-state index in [0.29, 0.717) is 6.04 Å². The summed E-state index contributed by atoms with van der Waals surface area (Å²) in [5.41, 5.74) is 3.12. The van der Waals surface area contributed by atoms with Crippen LogP contribution in [0.25, 0.3) is 0 Å². The Kier molecular flexibility index (Phi) is 3.79. The van der Waals surface area contributed by atoms with Crippen molar-refractivity contribution in [1.82, 2.24) is 5.32 Å². The molecule has 0 saturated heterocycles. The highest BCUT2D eigenvalue weighted by atomic mass is 14.9. The fourth-order valence-corrected chi connectivity index (χ4v) is 5.16. The SMILES string of the molecule is CCNC(c1ccc(C2CCC2)cc1)C1CC2CCC1C2. The summed E-state index contributed by atoms with van der Waals surface area (Å²) in [6, 6.07) is 10.3. The summed E-state index contributed by atoms with van der Waals surface area (Å²) >= 11 is 0. The van der Waals surface area contributed by atoms with Crippen LogP contribution < -0.4 is 5.32 Å². The van der Waals surface area contributed by atoms with Crippen LogP contribution in [-0.2, 0) is 0 Å². The number of benzene rings is 1. The van der Waals surface area contributed by atoms with Crippen LogP contribution in [0.1, 0.15) is 75.0 Å². The van der Waals surface area contributed by atoms with Gasteiger partial charge in [-0.3, -0.25) is 0 Å². The van der Waals surface area contributed by atoms with Gasteiger partial charge < -0.3 is 5.32 Å². The molecule has 3 aliphatic carbocycles. The fourth-order valence-electron chi connectivity index (χ4n) is 5.16. The lowest BCUT2D eigenvalue weighted by molar-refractivity contribution is 0.253. The predicted octanol–water partition coefficient (Wildman–Crippen LogP) is 5.04. The van der Waals surface area contributed by atoms with Gasteiger partial charge in [-0.1, -0.05) is 44.0 Å². The highest BCUT2D eigenvalue weighted by Crippen LogP contribution is 2.52. The maximum Gasteiger partial charge on any atom is 0.0351 e. The Balaban J connectivity index is 1.52. The average Bonchev–Trinajstić information content (AvgIpc) is 3.06. The van der Waals surface area contributed by atoms with Crippen molar-refractivity contribution >= 4 is 0 Å². The van der Waals surface area contributed by atoms with Crippen molar-refractivity contribution in [3.05, 3.63) is 35.4 Å². The van der Waals surface area contributed by atoms with Crippen molar-refractivity contribution in [3.8, 4) is 0 Å². The van der Waals surface area contributed by atoms with Crippen molar-refractivity contribution in [3.63, 3.8) is 0 Å². The number of hydrogen-bond acceptors (Lipinski definition) is 1. The molecule has 3 aliphatic rings. The first kappa shape index (κ1) is 13.8. The quantitative estimate of drug-likeness (QED) is 0.798. The first-order valence-corrected chi connectivity index (χ1v) is 9.18. The van der Waals surface area contributed by atoms with E-state index in [1.165, 1.54) is 50.5 Å². The first-order valence-electron chi connectivity index (χ1n) is 9.18. The van der Waals surface area contributed by atoms with E-state index in [4.69, 9.17) is 0 Å². The van der Waals surface area contributed by atoms with Crippen LogP contribution in [0.2, 0.25) is 0 Å². The predicted molar refractivity (Wildman–Crippen MR) is 88.4 cm³/mol. The Bertz CT molecular complexity index is 473. The van der Waals surface area contributed by atoms with E-state index >= 15 is 0 Å². The van der Waals surface area contributed by atoms with E-state index in [1.807, 2.05) is 0 Å². The molecule has 0 aliphatic heterocycles. The van der Waals surface area contributed by atoms with Gasteiger partial charge in [-0.2, -0.15) is 0 Å². The lowest BCUT2D eigenvalue weighted by Crippen LogP contribution is -2.31. The maximum atomic E-state index is 3.80. The molecule has 4 rings (SSSR count). The zero-order chi connectivity index (χ0) is 14.2. The van der Waals surface area contributed by atoms with Gasteiger partial charge in [-0.25, -0.2) is 0 Å². The molecule has 1 N–H and O–H groups in total. The highest BCUT2D eigenvalue weighted by molar-refractivity contribution is 5.29. The molecule has 0 amide bonds. The molecular formula is C20H29N. The first-order chi connectivity index (χ1) is 10.3. The molecule has 0 radical (unpaired) electrons. The molecule has 0 spiro atoms. The molecule has 21 heavy (non-hydrogen) atoms. The van der Waals surface area contributed by atoms with Gasteiger partial charge in [0.1, 0.15) is 0 Å². The topological polar surface area (TPSA) is 12.0 Å². The summed E-state index contributed by atoms with van der Waals surface area (Å²) in [6.07, 6.45) is 10.2. The van der Waals surface area contributed by atoms with Gasteiger partial charge >= 0.3 is 0 Å². The van der Waals surface area contributed by atoms with Gasteiger partial charge in [0.15, 0.2) is 0 Å². The van der Waals surface area contributed by atoms with Gasteiger partial charge in [0.05, 0.1) is 0 Å². The molecule has 4 atom stereocenters. The van der Waals surface area contributed by atoms with Crippen LogP contribution in [0.15, 0.2) is 24.3 Å². The van der Waals surface area contributed by atoms with Crippen molar-refractivity contribution in [1.29, 1.82) is 0 Å². The zero-order valence-electron chi connectivity index (χ0n) is 13.4. The van der Waals surface area contributed by atoms with E-state index in [1.54, 1.807) is 5.56 Å². The maximum absolute atomic E-state index is 3.80. The summed E-state index contributed by atoms with van der Waals surface area (Å²) in [5, 5.41) is 3.80. The number of nitrogens with one attached hydrogen (secondary N) is 1. The summed E-state index contributed by atoms with van der Waals surface area (Å²) in [5.74, 6) is 3.78. The van der Waals surface area contributed by atoms with Crippen LogP contribution >= 0.6 is 0 Å². The molecule has 114 valence electrons. The van der Waals surface area contributed by atoms with E-state index in [9.17, 15) is 0 Å². The summed E-state index contributed by atoms with van der Waals surface area (Å²) in [6.45, 7) is 3.34. The Labute approximate surface area is 129 Å². The molecule has 0 heterocycles. The molecule has 1 nitrogen and oxygen atoms in total. The minimum absolute atomic E-state index is 0.598. The third-order valence-electron chi connectivity index (χ3n) is 6.52. The number of hydrogen-bond donors (Lipinski definition) is 1. The van der Waals surface area contributed by atoms with Gasteiger partial charge in [-0.15, -0.1) is 0 Å². The van der Waals surface area contributed by atoms with Crippen molar-refractivity contribution in [2.24, 2.45) is 17.8 Å². The molecule has 1 heteroatoms. The third kappa shape index (κ3) is 2.54. The second-order valence-electron chi connectivity index (χ2n) is 7.67. The number of fused-ring (bicyclic) bond motifs is 2. The number of rotatable bonds is 5. The molecule has 0 aromatic heterocycles. The Hall–Kier alpha value is -0.820. The largest absolute Gasteiger partial charge is 0.310 e. The van der Waals surface area contributed by atoms with Crippen LogP contribution in [0, 0.1) is 17.8 Å². The van der Waals surface area contributed by atoms with Crippen molar-refractivity contribution < 1.29 is 0 Å². The molecule has 2 bridgehead atoms. The average molecular weight is 283 g/mol. The Morgan fingerprint density at radius 1 is 1.05 bits per heavy atom. The standard InChI is InChI=1S/C20H29N/c1-2-21-20(19-13-14-6-7-18(19)12-14)17-10-8-16(9-11-17)15-4-3-5-15/h8-11,14-15,18-21H,2-7,12-13H2,1H3. The molecule has 1 aromatic rings. The normalized spacial score (nSPS) is 33.1. The molecule has 4 unspecified atom stereocenters. The fraction of sp³-hybridized carbons (Fsp3) is 0.700. The Morgan fingerprint density at radius 2 is 1.86 bits per heavy atom. The smallest absolute Gasteiger partial charge is 0.0351 e. The highest BCUT2D eigenvalue weighted by Gasteiger charge is 2.43. The van der Waals surface area contributed by atoms with E-state index < -0.39 is 0 Å². The second kappa shape index (κ2) is 5.76. The molecular weight excluding hydrogens is 254 g/mol. The summed E-state index contributed by atoms with van der Waals surface area (Å²) in [4.78, 5) is 0. The van der Waals surface area contributed by atoms with E-state index in [0.717, 1.165) is 30.2 Å². The van der Waals surface area contributed by atoms with E-state index in [-0.39, 0.29) is 0 Å². The lowest BCUT2D eigenvalue weighted by Gasteiger charge is -2.32. The zero-order valence-corrected chi connectivity index (χ0v) is 13.4. The minimum Gasteiger partial charge on any atom is -0.310 e. The van der Waals surface area contributed by atoms with E-state index in [2.05, 4.69) is 36.5 Å². The monoisotopic (exact) mass is 283 g/mol. The molecule has 3 saturated carbocycles. The van der Waals surface area contributed by atoms with Crippen molar-refractivity contribution in [2.75, 3.05) is 6.54 Å². The summed E-state index contributed by atoms with van der Waals surface area (Å²) in [7, 11) is 0. The van der Waals surface area contributed by atoms with Crippen LogP contribution in [0.5, 0.6) is 0 Å². The van der Waals surface area contributed by atoms with Crippen LogP contribution in [0.4, 0.5) is 0 Å². The minimum atomic E-state index is 0.598. The Morgan fingerprint density at radius 3 is 2.38 bits per heavy atom. The van der Waals surface area contributed by atoms with Crippen molar-refractivity contribution in [2.45, 2.75) is 63.8 Å². The third-order valence-corrected chi connectivity index (χ3v) is 6.52. The molecule has 1 aromatic carbocycles. The second-order valence-corrected chi connectivity index (χ2v) is 7.67.